The normalized spacial score (nSPS) is 17.4. The van der Waals surface area contributed by atoms with Crippen LogP contribution in [-0.4, -0.2) is 32.5 Å². The number of thiophene rings is 1. The molecule has 7 nitrogen and oxygen atoms in total. The van der Waals surface area contributed by atoms with E-state index in [4.69, 9.17) is 4.74 Å². The maximum Gasteiger partial charge on any atom is 0.228 e. The van der Waals surface area contributed by atoms with Crippen LogP contribution >= 0.6 is 11.3 Å². The zero-order valence-corrected chi connectivity index (χ0v) is 13.7. The van der Waals surface area contributed by atoms with E-state index in [1.807, 2.05) is 14.0 Å². The molecule has 0 aliphatic carbocycles. The van der Waals surface area contributed by atoms with Gasteiger partial charge in [0.15, 0.2) is 5.65 Å². The minimum absolute atomic E-state index is 0.0925. The Morgan fingerprint density at radius 3 is 3.35 bits per heavy atom. The lowest BCUT2D eigenvalue weighted by Gasteiger charge is -2.22. The lowest BCUT2D eigenvalue weighted by atomic mass is 10.1. The summed E-state index contributed by atoms with van der Waals surface area (Å²) in [5, 5.41) is 17.2. The summed E-state index contributed by atoms with van der Waals surface area (Å²) in [6.07, 6.45) is 1.06. The minimum Gasteiger partial charge on any atom is -0.372 e. The number of rotatable bonds is 3. The van der Waals surface area contributed by atoms with Gasteiger partial charge in [-0.05, 0) is 30.4 Å². The quantitative estimate of drug-likeness (QED) is 0.771. The molecular formula is C15H17N5O2S. The highest BCUT2D eigenvalue weighted by Crippen LogP contribution is 2.34. The molecular weight excluding hydrogens is 314 g/mol. The maximum atomic E-state index is 12.4. The first-order valence-electron chi connectivity index (χ1n) is 7.49. The lowest BCUT2D eigenvalue weighted by molar-refractivity contribution is -0.119. The number of ether oxygens (including phenoxy) is 1. The van der Waals surface area contributed by atoms with Crippen molar-refractivity contribution in [2.45, 2.75) is 25.9 Å². The van der Waals surface area contributed by atoms with Crippen LogP contribution in [0, 0.1) is 6.92 Å². The second-order valence-corrected chi connectivity index (χ2v) is 6.63. The third kappa shape index (κ3) is 2.43. The molecule has 3 aromatic rings. The first-order valence-corrected chi connectivity index (χ1v) is 8.37. The number of nitrogens with zero attached hydrogens (tertiary/aromatic N) is 3. The van der Waals surface area contributed by atoms with Crippen molar-refractivity contribution < 1.29 is 9.53 Å². The van der Waals surface area contributed by atoms with E-state index in [-0.39, 0.29) is 12.0 Å². The molecule has 0 saturated carbocycles. The van der Waals surface area contributed by atoms with Crippen LogP contribution in [0.3, 0.4) is 0 Å². The van der Waals surface area contributed by atoms with Gasteiger partial charge >= 0.3 is 0 Å². The van der Waals surface area contributed by atoms with Crippen molar-refractivity contribution in [2.24, 2.45) is 7.05 Å². The number of carbonyl (C=O) groups is 1. The van der Waals surface area contributed by atoms with Crippen LogP contribution in [0.1, 0.15) is 28.7 Å². The number of carbonyl (C=O) groups excluding carboxylic acids is 1. The summed E-state index contributed by atoms with van der Waals surface area (Å²) in [6.45, 7) is 2.56. The van der Waals surface area contributed by atoms with Crippen molar-refractivity contribution in [1.82, 2.24) is 20.0 Å². The van der Waals surface area contributed by atoms with Crippen LogP contribution in [0.5, 0.6) is 0 Å². The lowest BCUT2D eigenvalue weighted by Crippen LogP contribution is -2.21. The molecule has 0 saturated heterocycles. The highest BCUT2D eigenvalue weighted by atomic mass is 32.1. The Morgan fingerprint density at radius 2 is 2.48 bits per heavy atom. The van der Waals surface area contributed by atoms with Gasteiger partial charge in [0.05, 0.1) is 24.1 Å². The molecule has 0 aromatic carbocycles. The largest absolute Gasteiger partial charge is 0.372 e. The number of aromatic nitrogens is 4. The zero-order valence-electron chi connectivity index (χ0n) is 12.9. The molecule has 4 rings (SSSR count). The molecule has 0 bridgehead atoms. The first kappa shape index (κ1) is 14.4. The average Bonchev–Trinajstić information content (AvgIpc) is 3.19. The Bertz CT molecular complexity index is 878. The summed E-state index contributed by atoms with van der Waals surface area (Å²) in [4.78, 5) is 13.6. The van der Waals surface area contributed by atoms with E-state index in [1.54, 1.807) is 16.0 Å². The van der Waals surface area contributed by atoms with Gasteiger partial charge in [0, 0.05) is 11.9 Å². The maximum absolute atomic E-state index is 12.4. The van der Waals surface area contributed by atoms with Gasteiger partial charge in [0.1, 0.15) is 11.9 Å². The van der Waals surface area contributed by atoms with Gasteiger partial charge in [-0.2, -0.15) is 10.2 Å². The van der Waals surface area contributed by atoms with Crippen LogP contribution in [0.25, 0.3) is 11.0 Å². The predicted molar refractivity (Wildman–Crippen MR) is 87.6 cm³/mol. The number of H-pyrrole nitrogens is 1. The second kappa shape index (κ2) is 5.47. The number of hydrogen-bond donors (Lipinski definition) is 2. The number of fused-ring (bicyclic) bond motifs is 2. The summed E-state index contributed by atoms with van der Waals surface area (Å²) >= 11 is 1.65. The van der Waals surface area contributed by atoms with Crippen molar-refractivity contribution in [3.8, 4) is 0 Å². The van der Waals surface area contributed by atoms with E-state index in [9.17, 15) is 4.79 Å². The zero-order chi connectivity index (χ0) is 16.0. The number of nitrogens with one attached hydrogen (secondary N) is 2. The van der Waals surface area contributed by atoms with Gasteiger partial charge in [0.25, 0.3) is 0 Å². The summed E-state index contributed by atoms with van der Waals surface area (Å²) < 4.78 is 7.47. The summed E-state index contributed by atoms with van der Waals surface area (Å²) in [7, 11) is 1.83. The van der Waals surface area contributed by atoms with Crippen LogP contribution < -0.4 is 5.32 Å². The fraction of sp³-hybridized carbons (Fsp3) is 0.400. The van der Waals surface area contributed by atoms with Crippen molar-refractivity contribution in [2.75, 3.05) is 11.9 Å². The first-order chi connectivity index (χ1) is 11.1. The van der Waals surface area contributed by atoms with E-state index in [1.165, 1.54) is 10.4 Å². The Hall–Kier alpha value is -2.19. The standard InChI is InChI=1S/C15H17N5O2S/c1-8-12-14(17-18-15(12)20(2)19-8)16-11(21)7-10-13-9(3-5-22-10)4-6-23-13/h4,6,10H,3,5,7H2,1-2H3,(H2,16,17,18,21)/t10-/m0/s1. The number of amides is 1. The van der Waals surface area contributed by atoms with E-state index in [0.29, 0.717) is 18.8 Å². The number of aromatic amines is 1. The molecule has 3 aromatic heterocycles. The van der Waals surface area contributed by atoms with Crippen LogP contribution in [0.15, 0.2) is 11.4 Å². The fourth-order valence-electron chi connectivity index (χ4n) is 3.06. The molecule has 8 heteroatoms. The topological polar surface area (TPSA) is 84.8 Å². The van der Waals surface area contributed by atoms with E-state index < -0.39 is 0 Å². The monoisotopic (exact) mass is 331 g/mol. The Balaban J connectivity index is 1.52. The van der Waals surface area contributed by atoms with Gasteiger partial charge in [-0.25, -0.2) is 4.68 Å². The molecule has 4 heterocycles. The molecule has 0 unspecified atom stereocenters. The smallest absolute Gasteiger partial charge is 0.228 e. The summed E-state index contributed by atoms with van der Waals surface area (Å²) in [5.41, 5.74) is 2.86. The van der Waals surface area contributed by atoms with Crippen molar-refractivity contribution in [3.63, 3.8) is 0 Å². The third-order valence-corrected chi connectivity index (χ3v) is 5.17. The van der Waals surface area contributed by atoms with Crippen LogP contribution in [0.2, 0.25) is 0 Å². The number of hydrogen-bond acceptors (Lipinski definition) is 5. The molecule has 23 heavy (non-hydrogen) atoms. The minimum atomic E-state index is -0.160. The van der Waals surface area contributed by atoms with Gasteiger partial charge in [-0.3, -0.25) is 9.89 Å². The highest BCUT2D eigenvalue weighted by Gasteiger charge is 2.25. The summed E-state index contributed by atoms with van der Waals surface area (Å²) in [6, 6.07) is 2.12. The highest BCUT2D eigenvalue weighted by molar-refractivity contribution is 7.10. The van der Waals surface area contributed by atoms with E-state index in [0.717, 1.165) is 23.1 Å². The molecule has 1 aliphatic heterocycles. The predicted octanol–water partition coefficient (Wildman–Crippen LogP) is 2.31. The van der Waals surface area contributed by atoms with E-state index >= 15 is 0 Å². The third-order valence-electron chi connectivity index (χ3n) is 4.11. The molecule has 0 spiro atoms. The number of aryl methyl sites for hydroxylation is 2. The van der Waals surface area contributed by atoms with Crippen molar-refractivity contribution >= 4 is 34.1 Å². The molecule has 0 radical (unpaired) electrons. The second-order valence-electron chi connectivity index (χ2n) is 5.68. The molecule has 0 fully saturated rings. The fourth-order valence-corrected chi connectivity index (χ4v) is 4.06. The van der Waals surface area contributed by atoms with E-state index in [2.05, 4.69) is 32.1 Å². The molecule has 1 amide bonds. The van der Waals surface area contributed by atoms with Gasteiger partial charge in [-0.1, -0.05) is 0 Å². The molecule has 2 N–H and O–H groups in total. The molecule has 1 atom stereocenters. The van der Waals surface area contributed by atoms with Gasteiger partial charge in [0.2, 0.25) is 5.91 Å². The van der Waals surface area contributed by atoms with Gasteiger partial charge in [-0.15, -0.1) is 11.3 Å². The van der Waals surface area contributed by atoms with Gasteiger partial charge < -0.3 is 10.1 Å². The average molecular weight is 331 g/mol. The Labute approximate surface area is 136 Å². The van der Waals surface area contributed by atoms with Crippen molar-refractivity contribution in [3.05, 3.63) is 27.6 Å². The van der Waals surface area contributed by atoms with Crippen LogP contribution in [0.4, 0.5) is 5.82 Å². The van der Waals surface area contributed by atoms with Crippen LogP contribution in [-0.2, 0) is 23.0 Å². The SMILES string of the molecule is Cc1nn(C)c2n[nH]c(NC(=O)C[C@@H]3OCCc4ccsc43)c12. The Kier molecular flexibility index (Phi) is 3.42. The molecule has 1 aliphatic rings. The number of anilines is 1. The van der Waals surface area contributed by atoms with Crippen molar-refractivity contribution in [1.29, 1.82) is 0 Å². The molecule has 120 valence electrons. The summed E-state index contributed by atoms with van der Waals surface area (Å²) in [5.74, 6) is 0.503. The Morgan fingerprint density at radius 1 is 1.61 bits per heavy atom.